The summed E-state index contributed by atoms with van der Waals surface area (Å²) in [4.78, 5) is 0. The molecule has 1 aromatic carbocycles. The molecule has 5 heteroatoms. The van der Waals surface area contributed by atoms with Gasteiger partial charge in [0.1, 0.15) is 11.6 Å². The summed E-state index contributed by atoms with van der Waals surface area (Å²) in [6.07, 6.45) is -0.852. The Balaban J connectivity index is 2.84. The highest BCUT2D eigenvalue weighted by Crippen LogP contribution is 2.29. The molecule has 1 rings (SSSR count). The van der Waals surface area contributed by atoms with Gasteiger partial charge in [0.05, 0.1) is 25.5 Å². The lowest BCUT2D eigenvalue weighted by molar-refractivity contribution is 0.105. The second-order valence-electron chi connectivity index (χ2n) is 3.47. The Labute approximate surface area is 93.7 Å². The van der Waals surface area contributed by atoms with Crippen LogP contribution in [0.5, 0.6) is 5.75 Å². The van der Waals surface area contributed by atoms with E-state index in [0.29, 0.717) is 17.0 Å². The van der Waals surface area contributed by atoms with Crippen LogP contribution >= 0.6 is 0 Å². The third kappa shape index (κ3) is 2.84. The van der Waals surface area contributed by atoms with Crippen molar-refractivity contribution in [1.82, 2.24) is 0 Å². The highest BCUT2D eigenvalue weighted by atomic mass is 19.1. The van der Waals surface area contributed by atoms with E-state index < -0.39 is 6.10 Å². The molecule has 90 valence electrons. The molecule has 0 aliphatic rings. The third-order valence-electron chi connectivity index (χ3n) is 2.28. The zero-order valence-corrected chi connectivity index (χ0v) is 9.33. The molecule has 0 radical (unpaired) electrons. The molecule has 0 bridgehead atoms. The number of aliphatic hydroxyl groups is 2. The summed E-state index contributed by atoms with van der Waals surface area (Å²) in [5.41, 5.74) is 1.000. The molecule has 0 aromatic heterocycles. The number of hydrogen-bond donors (Lipinski definition) is 3. The lowest BCUT2D eigenvalue weighted by Gasteiger charge is -2.15. The lowest BCUT2D eigenvalue weighted by Crippen LogP contribution is -2.23. The van der Waals surface area contributed by atoms with Crippen molar-refractivity contribution >= 4 is 5.69 Å². The van der Waals surface area contributed by atoms with Crippen molar-refractivity contribution in [3.8, 4) is 5.75 Å². The first-order chi connectivity index (χ1) is 7.60. The van der Waals surface area contributed by atoms with E-state index in [9.17, 15) is 9.50 Å². The SMILES string of the molecule is COc1c(NCC(O)CO)ccc(F)c1C. The van der Waals surface area contributed by atoms with Crippen LogP contribution in [0, 0.1) is 12.7 Å². The van der Waals surface area contributed by atoms with E-state index in [4.69, 9.17) is 9.84 Å². The Morgan fingerprint density at radius 3 is 2.75 bits per heavy atom. The van der Waals surface area contributed by atoms with Crippen molar-refractivity contribution in [1.29, 1.82) is 0 Å². The van der Waals surface area contributed by atoms with E-state index in [1.54, 1.807) is 6.92 Å². The van der Waals surface area contributed by atoms with Crippen molar-refractivity contribution in [3.63, 3.8) is 0 Å². The van der Waals surface area contributed by atoms with Crippen LogP contribution in [0.2, 0.25) is 0 Å². The number of anilines is 1. The van der Waals surface area contributed by atoms with Gasteiger partial charge in [-0.15, -0.1) is 0 Å². The predicted molar refractivity (Wildman–Crippen MR) is 59.3 cm³/mol. The molecule has 1 aromatic rings. The molecule has 0 aliphatic carbocycles. The normalized spacial score (nSPS) is 12.3. The molecule has 1 atom stereocenters. The average molecular weight is 229 g/mol. The summed E-state index contributed by atoms with van der Waals surface area (Å²) in [5, 5.41) is 20.7. The third-order valence-corrected chi connectivity index (χ3v) is 2.28. The molecule has 0 heterocycles. The van der Waals surface area contributed by atoms with Crippen LogP contribution in [-0.2, 0) is 0 Å². The molecular weight excluding hydrogens is 213 g/mol. The molecule has 0 aliphatic heterocycles. The van der Waals surface area contributed by atoms with Crippen molar-refractivity contribution in [2.24, 2.45) is 0 Å². The van der Waals surface area contributed by atoms with Crippen molar-refractivity contribution in [3.05, 3.63) is 23.5 Å². The minimum atomic E-state index is -0.852. The molecular formula is C11H16FNO3. The number of methoxy groups -OCH3 is 1. The monoisotopic (exact) mass is 229 g/mol. The number of aliphatic hydroxyl groups excluding tert-OH is 2. The first-order valence-electron chi connectivity index (χ1n) is 4.96. The lowest BCUT2D eigenvalue weighted by atomic mass is 10.1. The maximum absolute atomic E-state index is 13.2. The molecule has 0 saturated heterocycles. The first kappa shape index (κ1) is 12.7. The number of benzene rings is 1. The standard InChI is InChI=1S/C11H16FNO3/c1-7-9(12)3-4-10(11(7)16-2)13-5-8(15)6-14/h3-4,8,13-15H,5-6H2,1-2H3. The van der Waals surface area contributed by atoms with Crippen LogP contribution in [0.1, 0.15) is 5.56 Å². The van der Waals surface area contributed by atoms with Crippen LogP contribution in [0.3, 0.4) is 0 Å². The second kappa shape index (κ2) is 5.67. The smallest absolute Gasteiger partial charge is 0.147 e. The Morgan fingerprint density at radius 2 is 2.19 bits per heavy atom. The fourth-order valence-corrected chi connectivity index (χ4v) is 1.36. The van der Waals surface area contributed by atoms with Gasteiger partial charge in [0, 0.05) is 12.1 Å². The maximum Gasteiger partial charge on any atom is 0.147 e. The van der Waals surface area contributed by atoms with Gasteiger partial charge in [-0.2, -0.15) is 0 Å². The molecule has 1 unspecified atom stereocenters. The Kier molecular flexibility index (Phi) is 4.52. The molecule has 16 heavy (non-hydrogen) atoms. The summed E-state index contributed by atoms with van der Waals surface area (Å²) in [6, 6.07) is 2.86. The molecule has 4 nitrogen and oxygen atoms in total. The average Bonchev–Trinajstić information content (AvgIpc) is 2.30. The van der Waals surface area contributed by atoms with E-state index in [1.807, 2.05) is 0 Å². The topological polar surface area (TPSA) is 61.7 Å². The van der Waals surface area contributed by atoms with E-state index in [2.05, 4.69) is 5.32 Å². The quantitative estimate of drug-likeness (QED) is 0.702. The van der Waals surface area contributed by atoms with Crippen LogP contribution in [-0.4, -0.2) is 36.6 Å². The van der Waals surface area contributed by atoms with Gasteiger partial charge in [-0.1, -0.05) is 0 Å². The summed E-state index contributed by atoms with van der Waals surface area (Å²) < 4.78 is 18.3. The van der Waals surface area contributed by atoms with Gasteiger partial charge >= 0.3 is 0 Å². The number of hydrogen-bond acceptors (Lipinski definition) is 4. The largest absolute Gasteiger partial charge is 0.494 e. The van der Waals surface area contributed by atoms with Gasteiger partial charge in [-0.3, -0.25) is 0 Å². The summed E-state index contributed by atoms with van der Waals surface area (Å²) in [7, 11) is 1.45. The fraction of sp³-hybridized carbons (Fsp3) is 0.455. The molecule has 0 saturated carbocycles. The predicted octanol–water partition coefficient (Wildman–Crippen LogP) is 0.908. The fourth-order valence-electron chi connectivity index (χ4n) is 1.36. The second-order valence-corrected chi connectivity index (χ2v) is 3.47. The summed E-state index contributed by atoms with van der Waals surface area (Å²) in [5.74, 6) is 0.0650. The minimum Gasteiger partial charge on any atom is -0.494 e. The van der Waals surface area contributed by atoms with E-state index >= 15 is 0 Å². The van der Waals surface area contributed by atoms with E-state index in [1.165, 1.54) is 19.2 Å². The Morgan fingerprint density at radius 1 is 1.50 bits per heavy atom. The molecule has 0 fully saturated rings. The van der Waals surface area contributed by atoms with Crippen molar-refractivity contribution in [2.45, 2.75) is 13.0 Å². The Bertz CT molecular complexity index is 357. The van der Waals surface area contributed by atoms with Crippen LogP contribution < -0.4 is 10.1 Å². The van der Waals surface area contributed by atoms with Crippen molar-refractivity contribution in [2.75, 3.05) is 25.6 Å². The van der Waals surface area contributed by atoms with Gasteiger partial charge in [0.15, 0.2) is 0 Å². The zero-order chi connectivity index (χ0) is 12.1. The van der Waals surface area contributed by atoms with Gasteiger partial charge in [0.2, 0.25) is 0 Å². The summed E-state index contributed by atoms with van der Waals surface area (Å²) in [6.45, 7) is 1.47. The first-order valence-corrected chi connectivity index (χ1v) is 4.96. The zero-order valence-electron chi connectivity index (χ0n) is 9.33. The Hall–Kier alpha value is -1.33. The number of rotatable bonds is 5. The van der Waals surface area contributed by atoms with E-state index in [-0.39, 0.29) is 19.0 Å². The minimum absolute atomic E-state index is 0.179. The van der Waals surface area contributed by atoms with Crippen molar-refractivity contribution < 1.29 is 19.3 Å². The molecule has 3 N–H and O–H groups in total. The highest BCUT2D eigenvalue weighted by Gasteiger charge is 2.11. The van der Waals surface area contributed by atoms with Crippen LogP contribution in [0.15, 0.2) is 12.1 Å². The number of nitrogens with one attached hydrogen (secondary N) is 1. The van der Waals surface area contributed by atoms with Crippen LogP contribution in [0.4, 0.5) is 10.1 Å². The van der Waals surface area contributed by atoms with Gasteiger partial charge in [-0.05, 0) is 19.1 Å². The van der Waals surface area contributed by atoms with Gasteiger partial charge in [0.25, 0.3) is 0 Å². The summed E-state index contributed by atoms with van der Waals surface area (Å²) >= 11 is 0. The maximum atomic E-state index is 13.2. The molecule has 0 spiro atoms. The molecule has 0 amide bonds. The van der Waals surface area contributed by atoms with Gasteiger partial charge < -0.3 is 20.3 Å². The van der Waals surface area contributed by atoms with Gasteiger partial charge in [-0.25, -0.2) is 4.39 Å². The number of halogens is 1. The number of ether oxygens (including phenoxy) is 1. The highest BCUT2D eigenvalue weighted by molar-refractivity contribution is 5.60. The van der Waals surface area contributed by atoms with E-state index in [0.717, 1.165) is 0 Å². The van der Waals surface area contributed by atoms with Crippen LogP contribution in [0.25, 0.3) is 0 Å².